The van der Waals surface area contributed by atoms with Crippen LogP contribution in [0.3, 0.4) is 0 Å². The van der Waals surface area contributed by atoms with Gasteiger partial charge < -0.3 is 15.8 Å². The van der Waals surface area contributed by atoms with E-state index in [2.05, 4.69) is 10.1 Å². The number of anilines is 2. The van der Waals surface area contributed by atoms with Crippen molar-refractivity contribution >= 4 is 35.0 Å². The molecule has 2 rings (SSSR count). The zero-order valence-corrected chi connectivity index (χ0v) is 11.5. The number of aryl methyl sites for hydroxylation is 1. The van der Waals surface area contributed by atoms with Gasteiger partial charge in [-0.3, -0.25) is 9.59 Å². The molecule has 3 N–H and O–H groups in total. The molecule has 0 aliphatic carbocycles. The van der Waals surface area contributed by atoms with Crippen molar-refractivity contribution in [2.75, 3.05) is 23.9 Å². The maximum Gasteiger partial charge on any atom is 0.306 e. The molecule has 0 fully saturated rings. The summed E-state index contributed by atoms with van der Waals surface area (Å²) >= 11 is 1.53. The Hall–Kier alpha value is -1.69. The number of thioether (sulfide) groups is 1. The van der Waals surface area contributed by atoms with Crippen molar-refractivity contribution in [2.45, 2.75) is 24.2 Å². The highest BCUT2D eigenvalue weighted by Gasteiger charge is 2.16. The van der Waals surface area contributed by atoms with Gasteiger partial charge in [0.15, 0.2) is 0 Å². The van der Waals surface area contributed by atoms with Gasteiger partial charge in [-0.05, 0) is 24.1 Å². The average molecular weight is 280 g/mol. The standard InChI is InChI=1S/C13H16N2O3S/c1-18-13(17)4-5-19-11-6-8-2-3-12(16)15-10(8)7-9(11)14/h6-7H,2-5,14H2,1H3,(H,15,16). The first kappa shape index (κ1) is 13.7. The van der Waals surface area contributed by atoms with E-state index in [1.807, 2.05) is 6.07 Å². The molecule has 1 aliphatic heterocycles. The van der Waals surface area contributed by atoms with Crippen LogP contribution in [0.4, 0.5) is 11.4 Å². The molecule has 6 heteroatoms. The molecule has 0 atom stereocenters. The van der Waals surface area contributed by atoms with Gasteiger partial charge in [0.25, 0.3) is 0 Å². The number of carbonyl (C=O) groups is 2. The van der Waals surface area contributed by atoms with Crippen LogP contribution in [0, 0.1) is 0 Å². The Morgan fingerprint density at radius 2 is 2.26 bits per heavy atom. The maximum atomic E-state index is 11.3. The summed E-state index contributed by atoms with van der Waals surface area (Å²) in [5, 5.41) is 2.81. The second kappa shape index (κ2) is 5.97. The fourth-order valence-corrected chi connectivity index (χ4v) is 2.83. The number of rotatable bonds is 4. The largest absolute Gasteiger partial charge is 0.469 e. The molecular formula is C13H16N2O3S. The lowest BCUT2D eigenvalue weighted by Crippen LogP contribution is -2.19. The van der Waals surface area contributed by atoms with Crippen molar-refractivity contribution in [1.29, 1.82) is 0 Å². The van der Waals surface area contributed by atoms with Crippen molar-refractivity contribution in [3.05, 3.63) is 17.7 Å². The molecule has 1 amide bonds. The van der Waals surface area contributed by atoms with Crippen molar-refractivity contribution in [2.24, 2.45) is 0 Å². The number of hydrogen-bond donors (Lipinski definition) is 2. The van der Waals surface area contributed by atoms with Gasteiger partial charge in [0.05, 0.1) is 13.5 Å². The molecule has 0 aromatic heterocycles. The number of ether oxygens (including phenoxy) is 1. The highest BCUT2D eigenvalue weighted by molar-refractivity contribution is 7.99. The zero-order valence-electron chi connectivity index (χ0n) is 10.7. The van der Waals surface area contributed by atoms with Crippen LogP contribution in [0.1, 0.15) is 18.4 Å². The normalized spacial score (nSPS) is 13.6. The molecule has 5 nitrogen and oxygen atoms in total. The van der Waals surface area contributed by atoms with Gasteiger partial charge in [-0.1, -0.05) is 0 Å². The van der Waals surface area contributed by atoms with Crippen LogP contribution in [0.2, 0.25) is 0 Å². The maximum absolute atomic E-state index is 11.3. The van der Waals surface area contributed by atoms with Crippen LogP contribution in [-0.2, 0) is 20.7 Å². The third-order valence-electron chi connectivity index (χ3n) is 2.92. The number of nitrogens with two attached hydrogens (primary N) is 1. The van der Waals surface area contributed by atoms with Gasteiger partial charge in [0.2, 0.25) is 5.91 Å². The van der Waals surface area contributed by atoms with Gasteiger partial charge >= 0.3 is 5.97 Å². The fraction of sp³-hybridized carbons (Fsp3) is 0.385. The lowest BCUT2D eigenvalue weighted by Gasteiger charge is -2.18. The van der Waals surface area contributed by atoms with E-state index in [1.54, 1.807) is 6.07 Å². The van der Waals surface area contributed by atoms with E-state index in [0.29, 0.717) is 24.3 Å². The molecule has 0 saturated heterocycles. The zero-order chi connectivity index (χ0) is 13.8. The Balaban J connectivity index is 2.06. The molecule has 0 radical (unpaired) electrons. The summed E-state index contributed by atoms with van der Waals surface area (Å²) in [6.07, 6.45) is 1.59. The Kier molecular flexibility index (Phi) is 4.31. The molecule has 19 heavy (non-hydrogen) atoms. The molecule has 0 spiro atoms. The highest BCUT2D eigenvalue weighted by atomic mass is 32.2. The molecule has 102 valence electrons. The predicted octanol–water partition coefficient (Wildman–Crippen LogP) is 1.81. The minimum Gasteiger partial charge on any atom is -0.469 e. The number of benzene rings is 1. The molecular weight excluding hydrogens is 264 g/mol. The second-order valence-electron chi connectivity index (χ2n) is 4.27. The quantitative estimate of drug-likeness (QED) is 0.499. The SMILES string of the molecule is COC(=O)CCSc1cc2c(cc1N)NC(=O)CC2. The van der Waals surface area contributed by atoms with Gasteiger partial charge in [-0.25, -0.2) is 0 Å². The molecule has 1 aliphatic rings. The number of fused-ring (bicyclic) bond motifs is 1. The minimum atomic E-state index is -0.226. The summed E-state index contributed by atoms with van der Waals surface area (Å²) in [6, 6.07) is 3.78. The monoisotopic (exact) mass is 280 g/mol. The Morgan fingerprint density at radius 1 is 1.47 bits per heavy atom. The van der Waals surface area contributed by atoms with E-state index in [1.165, 1.54) is 18.9 Å². The van der Waals surface area contributed by atoms with Gasteiger partial charge in [0.1, 0.15) is 0 Å². The fourth-order valence-electron chi connectivity index (χ4n) is 1.89. The van der Waals surface area contributed by atoms with Crippen molar-refractivity contribution in [3.8, 4) is 0 Å². The Bertz CT molecular complexity index is 517. The van der Waals surface area contributed by atoms with E-state index < -0.39 is 0 Å². The van der Waals surface area contributed by atoms with E-state index in [4.69, 9.17) is 5.73 Å². The lowest BCUT2D eigenvalue weighted by atomic mass is 10.0. The smallest absolute Gasteiger partial charge is 0.306 e. The third-order valence-corrected chi connectivity index (χ3v) is 4.00. The molecule has 1 heterocycles. The van der Waals surface area contributed by atoms with Gasteiger partial charge in [-0.15, -0.1) is 11.8 Å². The molecule has 0 unspecified atom stereocenters. The summed E-state index contributed by atoms with van der Waals surface area (Å²) in [6.45, 7) is 0. The topological polar surface area (TPSA) is 81.4 Å². The first-order valence-corrected chi connectivity index (χ1v) is 7.00. The van der Waals surface area contributed by atoms with Gasteiger partial charge in [-0.2, -0.15) is 0 Å². The Morgan fingerprint density at radius 3 is 3.00 bits per heavy atom. The number of nitrogen functional groups attached to an aromatic ring is 1. The first-order valence-electron chi connectivity index (χ1n) is 6.02. The van der Waals surface area contributed by atoms with Crippen LogP contribution >= 0.6 is 11.8 Å². The predicted molar refractivity (Wildman–Crippen MR) is 75.2 cm³/mol. The number of carbonyl (C=O) groups excluding carboxylic acids is 2. The summed E-state index contributed by atoms with van der Waals surface area (Å²) < 4.78 is 4.59. The van der Waals surface area contributed by atoms with Crippen molar-refractivity contribution in [1.82, 2.24) is 0 Å². The number of amides is 1. The molecule has 1 aromatic carbocycles. The first-order chi connectivity index (χ1) is 9.10. The summed E-state index contributed by atoms with van der Waals surface area (Å²) in [4.78, 5) is 23.3. The van der Waals surface area contributed by atoms with Crippen LogP contribution in [0.25, 0.3) is 0 Å². The number of hydrogen-bond acceptors (Lipinski definition) is 5. The van der Waals surface area contributed by atoms with Gasteiger partial charge in [0, 0.05) is 28.4 Å². The van der Waals surface area contributed by atoms with Crippen LogP contribution in [0.5, 0.6) is 0 Å². The van der Waals surface area contributed by atoms with Crippen molar-refractivity contribution < 1.29 is 14.3 Å². The molecule has 1 aromatic rings. The van der Waals surface area contributed by atoms with Crippen molar-refractivity contribution in [3.63, 3.8) is 0 Å². The summed E-state index contributed by atoms with van der Waals surface area (Å²) in [7, 11) is 1.38. The summed E-state index contributed by atoms with van der Waals surface area (Å²) in [5.41, 5.74) is 8.46. The van der Waals surface area contributed by atoms with Crippen LogP contribution in [-0.4, -0.2) is 24.7 Å². The van der Waals surface area contributed by atoms with Crippen LogP contribution < -0.4 is 11.1 Å². The number of nitrogens with one attached hydrogen (secondary N) is 1. The van der Waals surface area contributed by atoms with E-state index >= 15 is 0 Å². The third kappa shape index (κ3) is 3.41. The molecule has 0 saturated carbocycles. The lowest BCUT2D eigenvalue weighted by molar-refractivity contribution is -0.140. The second-order valence-corrected chi connectivity index (χ2v) is 5.41. The van der Waals surface area contributed by atoms with E-state index in [0.717, 1.165) is 22.6 Å². The minimum absolute atomic E-state index is 0.0259. The number of methoxy groups -OCH3 is 1. The highest BCUT2D eigenvalue weighted by Crippen LogP contribution is 2.33. The average Bonchev–Trinajstić information content (AvgIpc) is 2.39. The number of esters is 1. The molecule has 0 bridgehead atoms. The van der Waals surface area contributed by atoms with E-state index in [-0.39, 0.29) is 11.9 Å². The Labute approximate surface area is 115 Å². The summed E-state index contributed by atoms with van der Waals surface area (Å²) in [5.74, 6) is 0.427. The van der Waals surface area contributed by atoms with E-state index in [9.17, 15) is 9.59 Å². The van der Waals surface area contributed by atoms with Crippen LogP contribution in [0.15, 0.2) is 17.0 Å².